The molecule has 0 aromatic carbocycles. The summed E-state index contributed by atoms with van der Waals surface area (Å²) in [6.07, 6.45) is 2.35. The van der Waals surface area contributed by atoms with Gasteiger partial charge in [-0.25, -0.2) is 0 Å². The van der Waals surface area contributed by atoms with Gasteiger partial charge in [-0.15, -0.1) is 0 Å². The lowest BCUT2D eigenvalue weighted by Gasteiger charge is -2.38. The monoisotopic (exact) mass is 229 g/mol. The van der Waals surface area contributed by atoms with E-state index in [4.69, 9.17) is 9.84 Å². The first-order valence-electron chi connectivity index (χ1n) is 5.98. The van der Waals surface area contributed by atoms with Gasteiger partial charge in [-0.3, -0.25) is 4.79 Å². The van der Waals surface area contributed by atoms with Crippen LogP contribution in [0.5, 0.6) is 0 Å². The van der Waals surface area contributed by atoms with Crippen molar-refractivity contribution in [1.29, 1.82) is 0 Å². The molecule has 94 valence electrons. The van der Waals surface area contributed by atoms with Gasteiger partial charge in [0.1, 0.15) is 0 Å². The van der Waals surface area contributed by atoms with Crippen LogP contribution in [0.4, 0.5) is 0 Å². The Morgan fingerprint density at radius 1 is 1.44 bits per heavy atom. The molecular weight excluding hydrogens is 206 g/mol. The van der Waals surface area contributed by atoms with E-state index in [9.17, 15) is 4.79 Å². The van der Waals surface area contributed by atoms with Crippen LogP contribution in [-0.2, 0) is 9.53 Å². The summed E-state index contributed by atoms with van der Waals surface area (Å²) in [5, 5.41) is 8.87. The third kappa shape index (κ3) is 3.76. The van der Waals surface area contributed by atoms with Crippen LogP contribution < -0.4 is 0 Å². The van der Waals surface area contributed by atoms with E-state index in [1.165, 1.54) is 0 Å². The number of hydrogen-bond acceptors (Lipinski definition) is 3. The smallest absolute Gasteiger partial charge is 0.303 e. The number of nitrogens with zero attached hydrogens (tertiary/aromatic N) is 1. The highest BCUT2D eigenvalue weighted by molar-refractivity contribution is 5.67. The van der Waals surface area contributed by atoms with Gasteiger partial charge in [0.25, 0.3) is 0 Å². The first kappa shape index (κ1) is 13.5. The molecule has 1 saturated heterocycles. The number of aliphatic carboxylic acids is 1. The fourth-order valence-electron chi connectivity index (χ4n) is 2.85. The summed E-state index contributed by atoms with van der Waals surface area (Å²) in [5.74, 6) is 0.0557. The lowest BCUT2D eigenvalue weighted by molar-refractivity contribution is -0.138. The van der Waals surface area contributed by atoms with E-state index in [0.29, 0.717) is 12.0 Å². The Morgan fingerprint density at radius 2 is 2.00 bits per heavy atom. The summed E-state index contributed by atoms with van der Waals surface area (Å²) in [5.41, 5.74) is 0. The molecule has 16 heavy (non-hydrogen) atoms. The highest BCUT2D eigenvalue weighted by Crippen LogP contribution is 2.28. The van der Waals surface area contributed by atoms with Crippen molar-refractivity contribution in [2.45, 2.75) is 32.2 Å². The third-order valence-corrected chi connectivity index (χ3v) is 3.42. The maximum Gasteiger partial charge on any atom is 0.303 e. The Balaban J connectivity index is 2.61. The first-order valence-corrected chi connectivity index (χ1v) is 5.98. The molecule has 0 saturated carbocycles. The van der Waals surface area contributed by atoms with Crippen molar-refractivity contribution in [3.63, 3.8) is 0 Å². The topological polar surface area (TPSA) is 49.8 Å². The second-order valence-corrected chi connectivity index (χ2v) is 4.98. The van der Waals surface area contributed by atoms with Crippen molar-refractivity contribution in [2.75, 3.05) is 27.3 Å². The quantitative estimate of drug-likeness (QED) is 0.775. The average molecular weight is 229 g/mol. The van der Waals surface area contributed by atoms with Crippen LogP contribution in [0.25, 0.3) is 0 Å². The van der Waals surface area contributed by atoms with E-state index >= 15 is 0 Å². The first-order chi connectivity index (χ1) is 7.52. The second kappa shape index (κ2) is 6.21. The molecule has 2 unspecified atom stereocenters. The van der Waals surface area contributed by atoms with Crippen LogP contribution >= 0.6 is 0 Å². The Hall–Kier alpha value is -0.610. The Morgan fingerprint density at radius 3 is 2.44 bits per heavy atom. The largest absolute Gasteiger partial charge is 0.481 e. The van der Waals surface area contributed by atoms with E-state index in [0.717, 1.165) is 26.1 Å². The Bertz CT molecular complexity index is 224. The maximum atomic E-state index is 10.8. The molecule has 0 radical (unpaired) electrons. The zero-order valence-electron chi connectivity index (χ0n) is 10.5. The van der Waals surface area contributed by atoms with E-state index < -0.39 is 5.97 Å². The minimum Gasteiger partial charge on any atom is -0.481 e. The molecule has 1 aliphatic rings. The number of ether oxygens (including phenoxy) is 1. The molecule has 0 aromatic rings. The summed E-state index contributed by atoms with van der Waals surface area (Å²) in [6.45, 7) is 3.66. The summed E-state index contributed by atoms with van der Waals surface area (Å²) in [4.78, 5) is 12.9. The van der Waals surface area contributed by atoms with Gasteiger partial charge in [-0.1, -0.05) is 6.92 Å². The van der Waals surface area contributed by atoms with Crippen LogP contribution in [0.15, 0.2) is 0 Å². The second-order valence-electron chi connectivity index (χ2n) is 4.98. The Kier molecular flexibility index (Phi) is 5.22. The van der Waals surface area contributed by atoms with Crippen molar-refractivity contribution in [2.24, 2.45) is 11.8 Å². The fourth-order valence-corrected chi connectivity index (χ4v) is 2.85. The molecule has 4 heteroatoms. The van der Waals surface area contributed by atoms with Gasteiger partial charge in [-0.2, -0.15) is 0 Å². The van der Waals surface area contributed by atoms with Crippen molar-refractivity contribution in [3.8, 4) is 0 Å². The van der Waals surface area contributed by atoms with Gasteiger partial charge in [-0.05, 0) is 38.8 Å². The summed E-state index contributed by atoms with van der Waals surface area (Å²) >= 11 is 0. The van der Waals surface area contributed by atoms with Gasteiger partial charge in [0.2, 0.25) is 0 Å². The molecule has 1 rings (SSSR count). The minimum atomic E-state index is -0.702. The van der Waals surface area contributed by atoms with E-state index in [1.54, 1.807) is 0 Å². The summed E-state index contributed by atoms with van der Waals surface area (Å²) in [7, 11) is 4.08. The van der Waals surface area contributed by atoms with Crippen molar-refractivity contribution in [1.82, 2.24) is 4.90 Å². The molecule has 1 fully saturated rings. The lowest BCUT2D eigenvalue weighted by atomic mass is 9.82. The van der Waals surface area contributed by atoms with E-state index in [-0.39, 0.29) is 12.3 Å². The number of carbonyl (C=O) groups is 1. The highest BCUT2D eigenvalue weighted by Gasteiger charge is 2.30. The molecule has 0 spiro atoms. The molecule has 2 atom stereocenters. The predicted molar refractivity (Wildman–Crippen MR) is 62.4 cm³/mol. The molecule has 0 aliphatic carbocycles. The maximum absolute atomic E-state index is 10.8. The molecule has 1 N–H and O–H groups in total. The molecular formula is C12H23NO3. The number of rotatable bonds is 5. The number of hydrogen-bond donors (Lipinski definition) is 1. The van der Waals surface area contributed by atoms with Crippen LogP contribution in [0.3, 0.4) is 0 Å². The summed E-state index contributed by atoms with van der Waals surface area (Å²) < 4.78 is 5.36. The zero-order valence-corrected chi connectivity index (χ0v) is 10.5. The van der Waals surface area contributed by atoms with Gasteiger partial charge in [0.15, 0.2) is 0 Å². The fraction of sp³-hybridized carbons (Fsp3) is 0.917. The zero-order chi connectivity index (χ0) is 12.1. The normalized spacial score (nSPS) is 22.0. The highest BCUT2D eigenvalue weighted by atomic mass is 16.5. The molecule has 0 aromatic heterocycles. The summed E-state index contributed by atoms with van der Waals surface area (Å²) in [6, 6.07) is 0.347. The number of carboxylic acid groups (broad SMARTS) is 1. The van der Waals surface area contributed by atoms with Gasteiger partial charge in [0, 0.05) is 25.7 Å². The molecule has 0 bridgehead atoms. The third-order valence-electron chi connectivity index (χ3n) is 3.42. The molecule has 0 amide bonds. The standard InChI is InChI=1S/C12H23NO3/c1-9(8-11(14)15)12(13(2)3)10-4-6-16-7-5-10/h9-10,12H,4-8H2,1-3H3,(H,14,15). The number of carboxylic acids is 1. The molecule has 4 nitrogen and oxygen atoms in total. The van der Waals surface area contributed by atoms with Crippen molar-refractivity contribution < 1.29 is 14.6 Å². The van der Waals surface area contributed by atoms with Gasteiger partial charge in [0.05, 0.1) is 0 Å². The molecule has 1 aliphatic heterocycles. The van der Waals surface area contributed by atoms with Crippen molar-refractivity contribution in [3.05, 3.63) is 0 Å². The average Bonchev–Trinajstić information content (AvgIpc) is 2.17. The predicted octanol–water partition coefficient (Wildman–Crippen LogP) is 1.45. The van der Waals surface area contributed by atoms with E-state index in [1.807, 2.05) is 21.0 Å². The lowest BCUT2D eigenvalue weighted by Crippen LogP contribution is -2.43. The van der Waals surface area contributed by atoms with Crippen LogP contribution in [0, 0.1) is 11.8 Å². The van der Waals surface area contributed by atoms with E-state index in [2.05, 4.69) is 4.90 Å². The molecule has 1 heterocycles. The minimum absolute atomic E-state index is 0.190. The SMILES string of the molecule is CC(CC(=O)O)C(C1CCOCC1)N(C)C. The Labute approximate surface area is 97.6 Å². The van der Waals surface area contributed by atoms with Gasteiger partial charge < -0.3 is 14.7 Å². The van der Waals surface area contributed by atoms with Crippen molar-refractivity contribution >= 4 is 5.97 Å². The van der Waals surface area contributed by atoms with Crippen LogP contribution in [-0.4, -0.2) is 49.3 Å². The van der Waals surface area contributed by atoms with Crippen LogP contribution in [0.1, 0.15) is 26.2 Å². The van der Waals surface area contributed by atoms with Gasteiger partial charge >= 0.3 is 5.97 Å². The van der Waals surface area contributed by atoms with Crippen LogP contribution in [0.2, 0.25) is 0 Å².